The minimum Gasteiger partial charge on any atom is -0.279 e. The Bertz CT molecular complexity index is 1160. The Morgan fingerprint density at radius 2 is 1.56 bits per heavy atom. The number of hydrogen-bond donors (Lipinski definition) is 2. The minimum absolute atomic E-state index is 0.0259. The van der Waals surface area contributed by atoms with Crippen molar-refractivity contribution in [3.05, 3.63) is 59.2 Å². The first-order chi connectivity index (χ1) is 12.8. The molecule has 0 atom stereocenters. The average Bonchev–Trinajstić information content (AvgIpc) is 3.08. The van der Waals surface area contributed by atoms with Crippen LogP contribution in [0.15, 0.2) is 53.4 Å². The van der Waals surface area contributed by atoms with Gasteiger partial charge in [-0.25, -0.2) is 13.6 Å². The van der Waals surface area contributed by atoms with Crippen molar-refractivity contribution in [3.8, 4) is 34.5 Å². The number of rotatable bonds is 4. The van der Waals surface area contributed by atoms with E-state index in [1.807, 2.05) is 12.1 Å². The Labute approximate surface area is 160 Å². The van der Waals surface area contributed by atoms with Gasteiger partial charge in [0.05, 0.1) is 22.7 Å². The van der Waals surface area contributed by atoms with Crippen LogP contribution in [0, 0.1) is 22.7 Å². The van der Waals surface area contributed by atoms with Crippen LogP contribution in [-0.2, 0) is 10.0 Å². The molecule has 1 aromatic heterocycles. The molecule has 0 aliphatic rings. The number of benzene rings is 2. The topological polar surface area (TPSA) is 136 Å². The largest absolute Gasteiger partial charge is 0.279 e. The van der Waals surface area contributed by atoms with Gasteiger partial charge in [-0.15, -0.1) is 0 Å². The number of nitriles is 2. The molecule has 0 fully saturated rings. The van der Waals surface area contributed by atoms with Gasteiger partial charge in [0.1, 0.15) is 5.69 Å². The van der Waals surface area contributed by atoms with Crippen LogP contribution in [0.2, 0.25) is 5.02 Å². The lowest BCUT2D eigenvalue weighted by atomic mass is 9.94. The second kappa shape index (κ2) is 7.22. The highest BCUT2D eigenvalue weighted by Crippen LogP contribution is 2.37. The Morgan fingerprint density at radius 1 is 1.00 bits per heavy atom. The minimum atomic E-state index is -3.81. The Kier molecular flexibility index (Phi) is 4.98. The summed E-state index contributed by atoms with van der Waals surface area (Å²) in [5.74, 6) is -1.04. The second-order valence-electron chi connectivity index (χ2n) is 5.63. The molecule has 27 heavy (non-hydrogen) atoms. The van der Waals surface area contributed by atoms with Crippen LogP contribution in [0.5, 0.6) is 0 Å². The van der Waals surface area contributed by atoms with Crippen LogP contribution < -0.4 is 5.14 Å². The monoisotopic (exact) mass is 397 g/mol. The normalized spacial score (nSPS) is 11.1. The maximum Gasteiger partial charge on any atom is 0.238 e. The molecule has 3 N–H and O–H groups in total. The number of primary sulfonamides is 1. The molecule has 9 heteroatoms. The lowest BCUT2D eigenvalue weighted by Crippen LogP contribution is -2.11. The molecule has 1 heterocycles. The number of nitrogens with zero attached hydrogens (tertiary/aromatic N) is 3. The van der Waals surface area contributed by atoms with Gasteiger partial charge in [-0.05, 0) is 29.8 Å². The number of nitrogens with one attached hydrogen (secondary N) is 1. The molecule has 0 radical (unpaired) electrons. The maximum atomic E-state index is 11.4. The van der Waals surface area contributed by atoms with Crippen molar-refractivity contribution >= 4 is 21.6 Å². The third-order valence-corrected chi connectivity index (χ3v) is 5.11. The summed E-state index contributed by atoms with van der Waals surface area (Å²) in [5.41, 5.74) is 2.72. The quantitative estimate of drug-likeness (QED) is 0.696. The van der Waals surface area contributed by atoms with Gasteiger partial charge in [0.2, 0.25) is 10.0 Å². The van der Waals surface area contributed by atoms with Gasteiger partial charge in [-0.2, -0.15) is 15.6 Å². The van der Waals surface area contributed by atoms with Crippen LogP contribution in [0.1, 0.15) is 11.6 Å². The summed E-state index contributed by atoms with van der Waals surface area (Å²) in [6.45, 7) is 0. The predicted molar refractivity (Wildman–Crippen MR) is 99.8 cm³/mol. The number of aromatic nitrogens is 2. The zero-order valence-electron chi connectivity index (χ0n) is 13.7. The highest BCUT2D eigenvalue weighted by atomic mass is 35.5. The Morgan fingerprint density at radius 3 is 2.07 bits per heavy atom. The van der Waals surface area contributed by atoms with E-state index in [9.17, 15) is 18.9 Å². The van der Waals surface area contributed by atoms with Crippen LogP contribution in [0.25, 0.3) is 22.4 Å². The molecule has 0 saturated carbocycles. The van der Waals surface area contributed by atoms with Crippen LogP contribution in [0.4, 0.5) is 0 Å². The van der Waals surface area contributed by atoms with E-state index in [0.717, 1.165) is 0 Å². The summed E-state index contributed by atoms with van der Waals surface area (Å²) in [7, 11) is -3.81. The molecular formula is C18H12ClN5O2S. The molecule has 3 aromatic rings. The standard InChI is InChI=1S/C18H12ClN5O2S/c19-14-5-1-11(2-6-14)16-17(23-24-18(16)13(9-20)10-21)12-3-7-15(8-4-12)27(22,25)26/h1-8,13H,(H,23,24)(H2,22,25,26). The number of sulfonamides is 1. The Hall–Kier alpha value is -3.17. The smallest absolute Gasteiger partial charge is 0.238 e. The highest BCUT2D eigenvalue weighted by molar-refractivity contribution is 7.89. The molecule has 0 spiro atoms. The molecular weight excluding hydrogens is 386 g/mol. The van der Waals surface area contributed by atoms with Gasteiger partial charge in [-0.1, -0.05) is 35.9 Å². The first kappa shape index (κ1) is 18.6. The first-order valence-corrected chi connectivity index (χ1v) is 9.54. The summed E-state index contributed by atoms with van der Waals surface area (Å²) in [4.78, 5) is -0.0259. The van der Waals surface area contributed by atoms with Crippen molar-refractivity contribution in [1.82, 2.24) is 10.2 Å². The van der Waals surface area contributed by atoms with Crippen molar-refractivity contribution < 1.29 is 8.42 Å². The van der Waals surface area contributed by atoms with E-state index in [-0.39, 0.29) is 4.90 Å². The molecule has 0 aliphatic carbocycles. The fourth-order valence-corrected chi connectivity index (χ4v) is 3.28. The van der Waals surface area contributed by atoms with Crippen molar-refractivity contribution in [2.75, 3.05) is 0 Å². The van der Waals surface area contributed by atoms with Gasteiger partial charge < -0.3 is 0 Å². The van der Waals surface area contributed by atoms with E-state index in [1.54, 1.807) is 36.4 Å². The van der Waals surface area contributed by atoms with E-state index in [4.69, 9.17) is 16.7 Å². The lowest BCUT2D eigenvalue weighted by molar-refractivity contribution is 0.598. The molecule has 0 amide bonds. The van der Waals surface area contributed by atoms with Gasteiger partial charge >= 0.3 is 0 Å². The third-order valence-electron chi connectivity index (χ3n) is 3.93. The number of halogens is 1. The van der Waals surface area contributed by atoms with Gasteiger partial charge in [0, 0.05) is 16.1 Å². The molecule has 2 aromatic carbocycles. The zero-order valence-corrected chi connectivity index (χ0v) is 15.3. The van der Waals surface area contributed by atoms with Gasteiger partial charge in [-0.3, -0.25) is 5.10 Å². The van der Waals surface area contributed by atoms with E-state index in [1.165, 1.54) is 12.1 Å². The van der Waals surface area contributed by atoms with E-state index in [2.05, 4.69) is 10.2 Å². The number of hydrogen-bond acceptors (Lipinski definition) is 5. The van der Waals surface area contributed by atoms with Crippen LogP contribution in [0.3, 0.4) is 0 Å². The summed E-state index contributed by atoms with van der Waals surface area (Å²) in [6.07, 6.45) is 0. The Balaban J connectivity index is 2.21. The maximum absolute atomic E-state index is 11.4. The fourth-order valence-electron chi connectivity index (χ4n) is 2.64. The highest BCUT2D eigenvalue weighted by Gasteiger charge is 2.23. The van der Waals surface area contributed by atoms with E-state index < -0.39 is 15.9 Å². The van der Waals surface area contributed by atoms with Crippen molar-refractivity contribution in [2.24, 2.45) is 5.14 Å². The van der Waals surface area contributed by atoms with Crippen LogP contribution >= 0.6 is 11.6 Å². The van der Waals surface area contributed by atoms with Gasteiger partial charge in [0.25, 0.3) is 0 Å². The SMILES string of the molecule is N#CC(C#N)c1[nH]nc(-c2ccc(S(N)(=O)=O)cc2)c1-c1ccc(Cl)cc1. The van der Waals surface area contributed by atoms with Crippen molar-refractivity contribution in [1.29, 1.82) is 10.5 Å². The third kappa shape index (κ3) is 3.69. The fraction of sp³-hybridized carbons (Fsp3) is 0.0556. The van der Waals surface area contributed by atoms with Crippen molar-refractivity contribution in [3.63, 3.8) is 0 Å². The number of aromatic amines is 1. The summed E-state index contributed by atoms with van der Waals surface area (Å²) in [5, 5.41) is 31.2. The second-order valence-corrected chi connectivity index (χ2v) is 7.63. The summed E-state index contributed by atoms with van der Waals surface area (Å²) < 4.78 is 22.9. The molecule has 0 saturated heterocycles. The first-order valence-electron chi connectivity index (χ1n) is 7.62. The summed E-state index contributed by atoms with van der Waals surface area (Å²) in [6, 6.07) is 16.6. The number of H-pyrrole nitrogens is 1. The molecule has 3 rings (SSSR count). The van der Waals surface area contributed by atoms with E-state index >= 15 is 0 Å². The summed E-state index contributed by atoms with van der Waals surface area (Å²) >= 11 is 5.95. The van der Waals surface area contributed by atoms with Gasteiger partial charge in [0.15, 0.2) is 5.92 Å². The van der Waals surface area contributed by atoms with E-state index in [0.29, 0.717) is 33.1 Å². The number of nitrogens with two attached hydrogens (primary N) is 1. The predicted octanol–water partition coefficient (Wildman–Crippen LogP) is 3.18. The lowest BCUT2D eigenvalue weighted by Gasteiger charge is -2.08. The van der Waals surface area contributed by atoms with Crippen LogP contribution in [-0.4, -0.2) is 18.6 Å². The average molecular weight is 398 g/mol. The molecule has 0 aliphatic heterocycles. The zero-order chi connectivity index (χ0) is 19.6. The molecule has 0 unspecified atom stereocenters. The van der Waals surface area contributed by atoms with Crippen molar-refractivity contribution in [2.45, 2.75) is 10.8 Å². The molecule has 0 bridgehead atoms. The molecule has 7 nitrogen and oxygen atoms in total. The molecule has 134 valence electrons.